The Hall–Kier alpha value is -0.0481. The van der Waals surface area contributed by atoms with Crippen LogP contribution in [-0.2, 0) is 4.79 Å². The van der Waals surface area contributed by atoms with Crippen LogP contribution in [0.25, 0.3) is 0 Å². The van der Waals surface area contributed by atoms with Crippen LogP contribution in [0.15, 0.2) is 4.99 Å². The maximum absolute atomic E-state index is 9.94. The van der Waals surface area contributed by atoms with Crippen LogP contribution in [0.1, 0.15) is 14.2 Å². The van der Waals surface area contributed by atoms with Crippen molar-refractivity contribution < 1.29 is 37.3 Å². The Balaban J connectivity index is 0. The number of nitrogens with zero attached hydrogens (tertiary/aromatic N) is 1. The maximum Gasteiger partial charge on any atom is 0.120 e. The van der Waals surface area contributed by atoms with Gasteiger partial charge >= 0.3 is 0 Å². The normalized spacial score (nSPS) is 7.33. The standard InChI is InChI=1S/C6H6NO.U/c1-7-5-3-2-4-6-8;/h1,6H,2,4H2;/q-1;/i6D;. The Labute approximate surface area is 79.9 Å². The van der Waals surface area contributed by atoms with Crippen molar-refractivity contribution in [2.75, 3.05) is 0 Å². The summed E-state index contributed by atoms with van der Waals surface area (Å²) in [6.07, 6.45) is -0.0905. The van der Waals surface area contributed by atoms with Gasteiger partial charge in [-0.2, -0.15) is 12.6 Å². The Bertz CT molecular complexity index is 170. The van der Waals surface area contributed by atoms with Crippen LogP contribution >= 0.6 is 0 Å². The summed E-state index contributed by atoms with van der Waals surface area (Å²) in [6, 6.07) is 2.22. The molecule has 0 aliphatic rings. The molecule has 0 bridgehead atoms. The average Bonchev–Trinajstić information content (AvgIpc) is 1.80. The molecule has 0 aromatic heterocycles. The maximum atomic E-state index is 9.94. The zero-order valence-corrected chi connectivity index (χ0v) is 9.01. The first-order chi connectivity index (χ1) is 4.27. The molecule has 0 aliphatic heterocycles. The van der Waals surface area contributed by atoms with Crippen molar-refractivity contribution in [3.05, 3.63) is 0 Å². The molecule has 2 nitrogen and oxygen atoms in total. The molecular formula is C6H6NOU-. The van der Waals surface area contributed by atoms with E-state index < -0.39 is 6.26 Å². The summed E-state index contributed by atoms with van der Waals surface area (Å²) in [4.78, 5) is 12.9. The smallest absolute Gasteiger partial charge is 0.120 e. The van der Waals surface area contributed by atoms with Crippen molar-refractivity contribution in [3.63, 3.8) is 0 Å². The fraction of sp³-hybridized carbons (Fsp3) is 0.333. The summed E-state index contributed by atoms with van der Waals surface area (Å²) in [6.45, 7) is 4.66. The van der Waals surface area contributed by atoms with Crippen molar-refractivity contribution >= 4 is 13.0 Å². The molecule has 0 fully saturated rings. The summed E-state index contributed by atoms with van der Waals surface area (Å²) in [5.41, 5.74) is 0. The van der Waals surface area contributed by atoms with Crippen molar-refractivity contribution in [3.8, 4) is 12.0 Å². The van der Waals surface area contributed by atoms with Gasteiger partial charge in [-0.3, -0.25) is 0 Å². The van der Waals surface area contributed by atoms with E-state index in [1.807, 2.05) is 0 Å². The molecule has 0 unspecified atom stereocenters. The van der Waals surface area contributed by atoms with Gasteiger partial charge in [0.05, 0.1) is 0 Å². The molecule has 0 aromatic carbocycles. The van der Waals surface area contributed by atoms with E-state index in [2.05, 4.69) is 23.7 Å². The third-order valence-corrected chi connectivity index (χ3v) is 0.496. The zero-order valence-electron chi connectivity index (χ0n) is 5.85. The van der Waals surface area contributed by atoms with Crippen molar-refractivity contribution in [1.82, 2.24) is 0 Å². The minimum absolute atomic E-state index is 0. The fourth-order valence-corrected chi connectivity index (χ4v) is 0.215. The summed E-state index contributed by atoms with van der Waals surface area (Å²) < 4.78 is 6.44. The van der Waals surface area contributed by atoms with Gasteiger partial charge < -0.3 is 9.79 Å². The van der Waals surface area contributed by atoms with Crippen LogP contribution in [0.3, 0.4) is 0 Å². The van der Waals surface area contributed by atoms with E-state index in [4.69, 9.17) is 1.37 Å². The predicted molar refractivity (Wildman–Crippen MR) is 31.6 cm³/mol. The quantitative estimate of drug-likeness (QED) is 0.310. The first kappa shape index (κ1) is 8.95. The van der Waals surface area contributed by atoms with Crippen molar-refractivity contribution in [1.29, 1.82) is 0 Å². The van der Waals surface area contributed by atoms with Gasteiger partial charge in [-0.05, 0) is 6.42 Å². The summed E-state index contributed by atoms with van der Waals surface area (Å²) in [7, 11) is 0. The molecule has 0 amide bonds. The van der Waals surface area contributed by atoms with E-state index in [1.165, 1.54) is 0 Å². The molecule has 0 radical (unpaired) electrons. The van der Waals surface area contributed by atoms with Gasteiger partial charge in [0.25, 0.3) is 0 Å². The molecule has 0 atom stereocenters. The minimum atomic E-state index is -0.610. The third-order valence-electron chi connectivity index (χ3n) is 0.496. The summed E-state index contributed by atoms with van der Waals surface area (Å²) in [5, 5.41) is 0. The molecule has 0 aromatic rings. The van der Waals surface area contributed by atoms with Crippen LogP contribution in [0.2, 0.25) is 0 Å². The molecular weight excluding hydrogens is 340 g/mol. The molecule has 0 spiro atoms. The van der Waals surface area contributed by atoms with Crippen LogP contribution in [0, 0.1) is 43.1 Å². The number of rotatable bonds is 2. The molecule has 0 N–H and O–H groups in total. The zero-order chi connectivity index (χ0) is 7.11. The Morgan fingerprint density at radius 2 is 2.56 bits per heavy atom. The molecule has 3 heteroatoms. The van der Waals surface area contributed by atoms with Crippen LogP contribution < -0.4 is 0 Å². The number of hydrogen-bond donors (Lipinski definition) is 0. The molecule has 9 heavy (non-hydrogen) atoms. The molecule has 46 valence electrons. The number of aliphatic imine (C=N–C) groups is 1. The SMILES string of the molecule is [2H]C(=O)CCC#CN=[CH-].[U]. The summed E-state index contributed by atoms with van der Waals surface area (Å²) >= 11 is 0. The number of carbonyl (C=O) groups excluding carboxylic acids is 1. The van der Waals surface area contributed by atoms with E-state index >= 15 is 0 Å². The van der Waals surface area contributed by atoms with E-state index in [0.29, 0.717) is 6.42 Å². The van der Waals surface area contributed by atoms with Crippen LogP contribution in [0.4, 0.5) is 0 Å². The molecule has 0 rings (SSSR count). The first-order valence-electron chi connectivity index (χ1n) is 2.64. The Kier molecular flexibility index (Phi) is 10.8. The molecule has 0 saturated heterocycles. The molecule has 0 saturated carbocycles. The topological polar surface area (TPSA) is 29.4 Å². The minimum Gasteiger partial charge on any atom is -0.428 e. The van der Waals surface area contributed by atoms with Gasteiger partial charge in [0.1, 0.15) is 7.63 Å². The largest absolute Gasteiger partial charge is 0.428 e. The Morgan fingerprint density at radius 1 is 1.89 bits per heavy atom. The van der Waals surface area contributed by atoms with Crippen molar-refractivity contribution in [2.24, 2.45) is 4.99 Å². The van der Waals surface area contributed by atoms with Gasteiger partial charge in [-0.15, -0.1) is 0 Å². The Morgan fingerprint density at radius 3 is 3.00 bits per heavy atom. The van der Waals surface area contributed by atoms with Crippen LogP contribution in [0.5, 0.6) is 0 Å². The second kappa shape index (κ2) is 10.8. The number of carbonyl (C=O) groups is 1. The first-order valence-corrected chi connectivity index (χ1v) is 2.14. The molecule has 0 aliphatic carbocycles. The van der Waals surface area contributed by atoms with E-state index in [9.17, 15) is 4.79 Å². The summed E-state index contributed by atoms with van der Waals surface area (Å²) in [5.74, 6) is 2.48. The molecule has 0 heterocycles. The van der Waals surface area contributed by atoms with Gasteiger partial charge in [-0.25, -0.2) is 6.04 Å². The van der Waals surface area contributed by atoms with Crippen LogP contribution in [-0.4, -0.2) is 13.0 Å². The van der Waals surface area contributed by atoms with Gasteiger partial charge in [0.2, 0.25) is 0 Å². The second-order valence-electron chi connectivity index (χ2n) is 1.06. The predicted octanol–water partition coefficient (Wildman–Crippen LogP) is 0.504. The van der Waals surface area contributed by atoms with E-state index in [-0.39, 0.29) is 37.5 Å². The average molecular weight is 347 g/mol. The monoisotopic (exact) mass is 347 g/mol. The van der Waals surface area contributed by atoms with E-state index in [0.717, 1.165) is 0 Å². The number of hydrogen-bond acceptors (Lipinski definition) is 2. The number of aldehydes is 1. The second-order valence-corrected chi connectivity index (χ2v) is 1.06. The van der Waals surface area contributed by atoms with Gasteiger partial charge in [0.15, 0.2) is 0 Å². The van der Waals surface area contributed by atoms with E-state index in [1.54, 1.807) is 0 Å². The fourth-order valence-electron chi connectivity index (χ4n) is 0.215. The van der Waals surface area contributed by atoms with Crippen molar-refractivity contribution in [2.45, 2.75) is 12.8 Å². The van der Waals surface area contributed by atoms with Gasteiger partial charge in [0, 0.05) is 37.5 Å². The van der Waals surface area contributed by atoms with Gasteiger partial charge in [-0.1, -0.05) is 0 Å². The third kappa shape index (κ3) is 11.5.